The van der Waals surface area contributed by atoms with Crippen LogP contribution in [0.4, 0.5) is 4.39 Å². The Morgan fingerprint density at radius 3 is 2.45 bits per heavy atom. The second-order valence-corrected chi connectivity index (χ2v) is 4.27. The van der Waals surface area contributed by atoms with E-state index in [4.69, 9.17) is 9.47 Å². The Balaban J connectivity index is 2.18. The standard InChI is InChI=1S/C16H15FO3/c1-11(12-7-3-5-9-14(12)17)20-16(18)13-8-4-6-10-15(13)19-2/h3-11H,1-2H3. The number of hydrogen-bond acceptors (Lipinski definition) is 3. The molecule has 0 heterocycles. The number of carbonyl (C=O) groups is 1. The SMILES string of the molecule is COc1ccccc1C(=O)OC(C)c1ccccc1F. The third kappa shape index (κ3) is 2.96. The lowest BCUT2D eigenvalue weighted by molar-refractivity contribution is 0.0328. The minimum atomic E-state index is -0.673. The Morgan fingerprint density at radius 2 is 1.75 bits per heavy atom. The molecule has 0 amide bonds. The molecule has 1 atom stereocenters. The maximum Gasteiger partial charge on any atom is 0.342 e. The number of esters is 1. The molecule has 1 unspecified atom stereocenters. The van der Waals surface area contributed by atoms with Gasteiger partial charge in [0.15, 0.2) is 0 Å². The van der Waals surface area contributed by atoms with E-state index in [2.05, 4.69) is 0 Å². The van der Waals surface area contributed by atoms with Gasteiger partial charge in [0.05, 0.1) is 7.11 Å². The molecule has 0 saturated carbocycles. The smallest absolute Gasteiger partial charge is 0.342 e. The minimum absolute atomic E-state index is 0.318. The van der Waals surface area contributed by atoms with Crippen molar-refractivity contribution in [1.29, 1.82) is 0 Å². The van der Waals surface area contributed by atoms with Gasteiger partial charge >= 0.3 is 5.97 Å². The highest BCUT2D eigenvalue weighted by molar-refractivity contribution is 5.92. The lowest BCUT2D eigenvalue weighted by atomic mass is 10.1. The van der Waals surface area contributed by atoms with E-state index in [1.807, 2.05) is 0 Å². The molecule has 3 nitrogen and oxygen atoms in total. The molecule has 0 radical (unpaired) electrons. The van der Waals surface area contributed by atoms with Gasteiger partial charge < -0.3 is 9.47 Å². The van der Waals surface area contributed by atoms with E-state index < -0.39 is 17.9 Å². The zero-order valence-electron chi connectivity index (χ0n) is 11.3. The van der Waals surface area contributed by atoms with E-state index in [1.54, 1.807) is 49.4 Å². The maximum atomic E-state index is 13.6. The monoisotopic (exact) mass is 274 g/mol. The van der Waals surface area contributed by atoms with E-state index in [0.717, 1.165) is 0 Å². The lowest BCUT2D eigenvalue weighted by Gasteiger charge is -2.15. The topological polar surface area (TPSA) is 35.5 Å². The Bertz CT molecular complexity index is 610. The van der Waals surface area contributed by atoms with Crippen LogP contribution in [0, 0.1) is 5.82 Å². The van der Waals surface area contributed by atoms with Crippen molar-refractivity contribution in [3.05, 3.63) is 65.5 Å². The lowest BCUT2D eigenvalue weighted by Crippen LogP contribution is -2.11. The highest BCUT2D eigenvalue weighted by atomic mass is 19.1. The van der Waals surface area contributed by atoms with Crippen LogP contribution in [0.15, 0.2) is 48.5 Å². The van der Waals surface area contributed by atoms with Gasteiger partial charge in [-0.1, -0.05) is 30.3 Å². The van der Waals surface area contributed by atoms with Crippen LogP contribution in [0.2, 0.25) is 0 Å². The summed E-state index contributed by atoms with van der Waals surface area (Å²) in [7, 11) is 1.48. The summed E-state index contributed by atoms with van der Waals surface area (Å²) >= 11 is 0. The quantitative estimate of drug-likeness (QED) is 0.796. The molecule has 0 aliphatic rings. The molecular formula is C16H15FO3. The number of para-hydroxylation sites is 1. The summed E-state index contributed by atoms with van der Waals surface area (Å²) in [5.41, 5.74) is 0.661. The number of halogens is 1. The van der Waals surface area contributed by atoms with Crippen LogP contribution in [0.3, 0.4) is 0 Å². The van der Waals surface area contributed by atoms with Gasteiger partial charge in [-0.2, -0.15) is 0 Å². The van der Waals surface area contributed by atoms with E-state index in [1.165, 1.54) is 13.2 Å². The van der Waals surface area contributed by atoms with E-state index >= 15 is 0 Å². The average Bonchev–Trinajstić information content (AvgIpc) is 2.47. The summed E-state index contributed by atoms with van der Waals surface area (Å²) in [4.78, 5) is 12.1. The molecule has 2 aromatic carbocycles. The van der Waals surface area contributed by atoms with Crippen molar-refractivity contribution in [2.24, 2.45) is 0 Å². The fourth-order valence-corrected chi connectivity index (χ4v) is 1.91. The van der Waals surface area contributed by atoms with Crippen molar-refractivity contribution in [3.8, 4) is 5.75 Å². The van der Waals surface area contributed by atoms with Crippen LogP contribution in [0.1, 0.15) is 28.9 Å². The number of ether oxygens (including phenoxy) is 2. The Hall–Kier alpha value is -2.36. The van der Waals surface area contributed by atoms with Gasteiger partial charge in [-0.3, -0.25) is 0 Å². The number of methoxy groups -OCH3 is 1. The summed E-state index contributed by atoms with van der Waals surface area (Å²) in [6.45, 7) is 1.63. The first kappa shape index (κ1) is 14.1. The van der Waals surface area contributed by atoms with Crippen LogP contribution in [0.25, 0.3) is 0 Å². The summed E-state index contributed by atoms with van der Waals surface area (Å²) in [6.07, 6.45) is -0.673. The normalized spacial score (nSPS) is 11.8. The van der Waals surface area contributed by atoms with Crippen molar-refractivity contribution in [2.45, 2.75) is 13.0 Å². The Kier molecular flexibility index (Phi) is 4.35. The molecular weight excluding hydrogens is 259 g/mol. The molecule has 0 spiro atoms. The molecule has 0 aliphatic carbocycles. The van der Waals surface area contributed by atoms with Crippen LogP contribution in [0.5, 0.6) is 5.75 Å². The number of rotatable bonds is 4. The first-order valence-electron chi connectivity index (χ1n) is 6.22. The van der Waals surface area contributed by atoms with Crippen molar-refractivity contribution in [3.63, 3.8) is 0 Å². The molecule has 0 saturated heterocycles. The highest BCUT2D eigenvalue weighted by Crippen LogP contribution is 2.24. The molecule has 2 rings (SSSR count). The molecule has 0 fully saturated rings. The van der Waals surface area contributed by atoms with Crippen molar-refractivity contribution < 1.29 is 18.7 Å². The predicted octanol–water partition coefficient (Wildman–Crippen LogP) is 3.75. The maximum absolute atomic E-state index is 13.6. The van der Waals surface area contributed by atoms with Crippen molar-refractivity contribution in [2.75, 3.05) is 7.11 Å². The Labute approximate surface area is 117 Å². The van der Waals surface area contributed by atoms with Crippen LogP contribution >= 0.6 is 0 Å². The first-order valence-corrected chi connectivity index (χ1v) is 6.22. The van der Waals surface area contributed by atoms with E-state index in [-0.39, 0.29) is 0 Å². The summed E-state index contributed by atoms with van der Waals surface area (Å²) in [6, 6.07) is 13.0. The largest absolute Gasteiger partial charge is 0.496 e. The van der Waals surface area contributed by atoms with Gasteiger partial charge in [0, 0.05) is 5.56 Å². The van der Waals surface area contributed by atoms with Crippen molar-refractivity contribution in [1.82, 2.24) is 0 Å². The number of carbonyl (C=O) groups excluding carboxylic acids is 1. The zero-order valence-corrected chi connectivity index (χ0v) is 11.3. The molecule has 104 valence electrons. The molecule has 2 aromatic rings. The van der Waals surface area contributed by atoms with Gasteiger partial charge in [-0.15, -0.1) is 0 Å². The first-order chi connectivity index (χ1) is 9.63. The third-order valence-corrected chi connectivity index (χ3v) is 2.95. The average molecular weight is 274 g/mol. The number of hydrogen-bond donors (Lipinski definition) is 0. The zero-order chi connectivity index (χ0) is 14.5. The summed E-state index contributed by atoms with van der Waals surface area (Å²) < 4.78 is 24.0. The summed E-state index contributed by atoms with van der Waals surface area (Å²) in [5, 5.41) is 0. The van der Waals surface area contributed by atoms with Gasteiger partial charge in [-0.05, 0) is 25.1 Å². The van der Waals surface area contributed by atoms with Gasteiger partial charge in [0.25, 0.3) is 0 Å². The highest BCUT2D eigenvalue weighted by Gasteiger charge is 2.18. The molecule has 0 aliphatic heterocycles. The fourth-order valence-electron chi connectivity index (χ4n) is 1.91. The molecule has 20 heavy (non-hydrogen) atoms. The number of benzene rings is 2. The second-order valence-electron chi connectivity index (χ2n) is 4.27. The third-order valence-electron chi connectivity index (χ3n) is 2.95. The predicted molar refractivity (Wildman–Crippen MR) is 73.2 cm³/mol. The Morgan fingerprint density at radius 1 is 1.10 bits per heavy atom. The molecule has 4 heteroatoms. The van der Waals surface area contributed by atoms with Crippen LogP contribution < -0.4 is 4.74 Å². The molecule has 0 aromatic heterocycles. The van der Waals surface area contributed by atoms with Crippen LogP contribution in [-0.4, -0.2) is 13.1 Å². The summed E-state index contributed by atoms with van der Waals surface area (Å²) in [5.74, 6) is -0.510. The van der Waals surface area contributed by atoms with Gasteiger partial charge in [-0.25, -0.2) is 9.18 Å². The second kappa shape index (κ2) is 6.19. The van der Waals surface area contributed by atoms with Gasteiger partial charge in [0.2, 0.25) is 0 Å². The van der Waals surface area contributed by atoms with Crippen molar-refractivity contribution >= 4 is 5.97 Å². The fraction of sp³-hybridized carbons (Fsp3) is 0.188. The van der Waals surface area contributed by atoms with E-state index in [0.29, 0.717) is 16.9 Å². The minimum Gasteiger partial charge on any atom is -0.496 e. The van der Waals surface area contributed by atoms with Crippen LogP contribution in [-0.2, 0) is 4.74 Å². The molecule has 0 bridgehead atoms. The molecule has 0 N–H and O–H groups in total. The van der Waals surface area contributed by atoms with Gasteiger partial charge in [0.1, 0.15) is 23.2 Å². The van der Waals surface area contributed by atoms with E-state index in [9.17, 15) is 9.18 Å².